The van der Waals surface area contributed by atoms with Crippen molar-refractivity contribution in [1.82, 2.24) is 14.7 Å². The highest BCUT2D eigenvalue weighted by Crippen LogP contribution is 2.45. The predicted octanol–water partition coefficient (Wildman–Crippen LogP) is 5.90. The third-order valence-corrected chi connectivity index (χ3v) is 7.47. The molecule has 0 bridgehead atoms. The second kappa shape index (κ2) is 9.93. The van der Waals surface area contributed by atoms with Crippen LogP contribution in [0.3, 0.4) is 0 Å². The summed E-state index contributed by atoms with van der Waals surface area (Å²) in [7, 11) is 3.55. The van der Waals surface area contributed by atoms with E-state index in [-0.39, 0.29) is 11.9 Å². The van der Waals surface area contributed by atoms with E-state index in [4.69, 9.17) is 14.6 Å². The van der Waals surface area contributed by atoms with Crippen LogP contribution in [0.2, 0.25) is 0 Å². The van der Waals surface area contributed by atoms with E-state index in [2.05, 4.69) is 29.7 Å². The van der Waals surface area contributed by atoms with Gasteiger partial charge in [0, 0.05) is 35.5 Å². The van der Waals surface area contributed by atoms with Crippen molar-refractivity contribution in [3.8, 4) is 22.6 Å². The van der Waals surface area contributed by atoms with Crippen LogP contribution in [0.25, 0.3) is 11.1 Å². The van der Waals surface area contributed by atoms with Crippen LogP contribution in [-0.4, -0.2) is 54.1 Å². The van der Waals surface area contributed by atoms with Crippen LogP contribution in [0, 0.1) is 11.7 Å². The number of carbonyl (C=O) groups excluding carboxylic acids is 1. The summed E-state index contributed by atoms with van der Waals surface area (Å²) >= 11 is 0. The number of likely N-dealkylation sites (tertiary alicyclic amines) is 1. The van der Waals surface area contributed by atoms with E-state index in [0.29, 0.717) is 23.5 Å². The first-order valence-corrected chi connectivity index (χ1v) is 12.5. The van der Waals surface area contributed by atoms with Crippen LogP contribution >= 0.6 is 0 Å². The van der Waals surface area contributed by atoms with Crippen molar-refractivity contribution >= 4 is 11.8 Å². The Labute approximate surface area is 211 Å². The second-order valence-electron chi connectivity index (χ2n) is 10.0. The predicted molar refractivity (Wildman–Crippen MR) is 137 cm³/mol. The van der Waals surface area contributed by atoms with E-state index >= 15 is 0 Å². The SMILES string of the molecule is COC(=O)N1c2ccc(-c3cnn(C4CCN(C)CC4C)c3)c(Oc3ccc(F)cc3)c2CC[C@@H]1C. The van der Waals surface area contributed by atoms with Crippen LogP contribution in [0.5, 0.6) is 11.5 Å². The van der Waals surface area contributed by atoms with Crippen LogP contribution in [0.15, 0.2) is 48.8 Å². The minimum absolute atomic E-state index is 0.00291. The molecule has 2 aliphatic rings. The number of rotatable bonds is 4. The number of anilines is 1. The van der Waals surface area contributed by atoms with E-state index < -0.39 is 6.09 Å². The Morgan fingerprint density at radius 2 is 1.89 bits per heavy atom. The molecule has 2 aromatic carbocycles. The monoisotopic (exact) mass is 492 g/mol. The molecule has 1 aromatic heterocycles. The van der Waals surface area contributed by atoms with Gasteiger partial charge in [-0.15, -0.1) is 0 Å². The third-order valence-electron chi connectivity index (χ3n) is 7.47. The normalized spacial score (nSPS) is 22.2. The second-order valence-corrected chi connectivity index (χ2v) is 10.0. The Morgan fingerprint density at radius 1 is 1.11 bits per heavy atom. The highest BCUT2D eigenvalue weighted by molar-refractivity contribution is 5.92. The summed E-state index contributed by atoms with van der Waals surface area (Å²) in [6, 6.07) is 10.3. The molecule has 3 heterocycles. The number of piperidine rings is 1. The number of amides is 1. The van der Waals surface area contributed by atoms with Gasteiger partial charge in [0.15, 0.2) is 0 Å². The molecular weight excluding hydrogens is 459 g/mol. The van der Waals surface area contributed by atoms with Crippen LogP contribution < -0.4 is 9.64 Å². The summed E-state index contributed by atoms with van der Waals surface area (Å²) < 4.78 is 27.1. The van der Waals surface area contributed by atoms with E-state index in [9.17, 15) is 9.18 Å². The van der Waals surface area contributed by atoms with Gasteiger partial charge in [0.05, 0.1) is 25.0 Å². The van der Waals surface area contributed by atoms with Crippen molar-refractivity contribution in [2.45, 2.75) is 45.2 Å². The fourth-order valence-electron chi connectivity index (χ4n) is 5.54. The Morgan fingerprint density at radius 3 is 2.61 bits per heavy atom. The maximum atomic E-state index is 13.6. The number of fused-ring (bicyclic) bond motifs is 1. The topological polar surface area (TPSA) is 59.8 Å². The summed E-state index contributed by atoms with van der Waals surface area (Å²) in [5, 5.41) is 4.74. The van der Waals surface area contributed by atoms with Gasteiger partial charge >= 0.3 is 6.09 Å². The maximum absolute atomic E-state index is 13.6. The van der Waals surface area contributed by atoms with Crippen molar-refractivity contribution in [3.63, 3.8) is 0 Å². The van der Waals surface area contributed by atoms with Gasteiger partial charge < -0.3 is 14.4 Å². The molecule has 1 amide bonds. The molecule has 7 nitrogen and oxygen atoms in total. The molecule has 0 aliphatic carbocycles. The highest BCUT2D eigenvalue weighted by atomic mass is 19.1. The maximum Gasteiger partial charge on any atom is 0.414 e. The molecule has 3 aromatic rings. The van der Waals surface area contributed by atoms with Crippen LogP contribution in [-0.2, 0) is 11.2 Å². The average molecular weight is 493 g/mol. The highest BCUT2D eigenvalue weighted by Gasteiger charge is 2.33. The largest absolute Gasteiger partial charge is 0.456 e. The zero-order chi connectivity index (χ0) is 25.4. The van der Waals surface area contributed by atoms with Crippen molar-refractivity contribution in [2.75, 3.05) is 32.1 Å². The fraction of sp³-hybridized carbons (Fsp3) is 0.429. The van der Waals surface area contributed by atoms with Crippen LogP contribution in [0.4, 0.5) is 14.9 Å². The van der Waals surface area contributed by atoms with Gasteiger partial charge in [-0.25, -0.2) is 9.18 Å². The quantitative estimate of drug-likeness (QED) is 0.454. The van der Waals surface area contributed by atoms with Gasteiger partial charge in [-0.1, -0.05) is 6.92 Å². The zero-order valence-corrected chi connectivity index (χ0v) is 21.3. The van der Waals surface area contributed by atoms with E-state index in [1.807, 2.05) is 25.3 Å². The lowest BCUT2D eigenvalue weighted by molar-refractivity contribution is 0.150. The molecule has 190 valence electrons. The summed E-state index contributed by atoms with van der Waals surface area (Å²) in [4.78, 5) is 16.7. The fourth-order valence-corrected chi connectivity index (χ4v) is 5.54. The van der Waals surface area contributed by atoms with E-state index in [1.165, 1.54) is 19.2 Å². The number of aromatic nitrogens is 2. The first-order valence-electron chi connectivity index (χ1n) is 12.5. The first kappa shape index (κ1) is 24.3. The minimum atomic E-state index is -0.395. The lowest BCUT2D eigenvalue weighted by atomic mass is 9.92. The van der Waals surface area contributed by atoms with Crippen molar-refractivity contribution in [1.29, 1.82) is 0 Å². The van der Waals surface area contributed by atoms with Crippen molar-refractivity contribution in [2.24, 2.45) is 5.92 Å². The molecule has 0 spiro atoms. The lowest BCUT2D eigenvalue weighted by Crippen LogP contribution is -2.42. The third kappa shape index (κ3) is 4.57. The van der Waals surface area contributed by atoms with Gasteiger partial charge in [-0.3, -0.25) is 9.58 Å². The number of nitrogens with zero attached hydrogens (tertiary/aromatic N) is 4. The van der Waals surface area contributed by atoms with E-state index in [0.717, 1.165) is 54.7 Å². The molecule has 2 unspecified atom stereocenters. The summed E-state index contributed by atoms with van der Waals surface area (Å²) in [6.07, 6.45) is 6.15. The van der Waals surface area contributed by atoms with E-state index in [1.54, 1.807) is 17.0 Å². The summed E-state index contributed by atoms with van der Waals surface area (Å²) in [6.45, 7) is 6.37. The van der Waals surface area contributed by atoms with Gasteiger partial charge in [-0.05, 0) is 82.1 Å². The van der Waals surface area contributed by atoms with Crippen LogP contribution in [0.1, 0.15) is 38.3 Å². The van der Waals surface area contributed by atoms with Crippen molar-refractivity contribution in [3.05, 3.63) is 60.2 Å². The Kier molecular flexibility index (Phi) is 6.71. The average Bonchev–Trinajstić information content (AvgIpc) is 3.34. The molecule has 8 heteroatoms. The molecule has 0 N–H and O–H groups in total. The number of hydrogen-bond acceptors (Lipinski definition) is 5. The number of methoxy groups -OCH3 is 1. The molecular formula is C28H33FN4O3. The van der Waals surface area contributed by atoms with Gasteiger partial charge in [-0.2, -0.15) is 5.10 Å². The molecule has 36 heavy (non-hydrogen) atoms. The Balaban J connectivity index is 1.58. The lowest BCUT2D eigenvalue weighted by Gasteiger charge is -2.35. The Hall–Kier alpha value is -3.39. The van der Waals surface area contributed by atoms with Gasteiger partial charge in [0.2, 0.25) is 0 Å². The number of halogens is 1. The zero-order valence-electron chi connectivity index (χ0n) is 21.3. The number of carbonyl (C=O) groups is 1. The van der Waals surface area contributed by atoms with Crippen molar-refractivity contribution < 1.29 is 18.7 Å². The minimum Gasteiger partial charge on any atom is -0.456 e. The molecule has 1 fully saturated rings. The standard InChI is InChI=1S/C28H33FN4O3/c1-18-16-31(3)14-13-25(18)32-17-20(15-30-32)23-11-12-26-24(10-5-19(2)33(26)28(34)35-4)27(23)36-22-8-6-21(29)7-9-22/h6-9,11-12,15,17-19,25H,5,10,13-14,16H2,1-4H3/t18?,19-,25?/m0/s1. The summed E-state index contributed by atoms with van der Waals surface area (Å²) in [5.74, 6) is 1.36. The molecule has 1 saturated heterocycles. The summed E-state index contributed by atoms with van der Waals surface area (Å²) in [5.41, 5.74) is 3.55. The molecule has 5 rings (SSSR count). The number of benzene rings is 2. The molecule has 3 atom stereocenters. The molecule has 0 saturated carbocycles. The number of ether oxygens (including phenoxy) is 2. The molecule has 0 radical (unpaired) electrons. The van der Waals surface area contributed by atoms with Gasteiger partial charge in [0.25, 0.3) is 0 Å². The first-order chi connectivity index (χ1) is 17.4. The number of hydrogen-bond donors (Lipinski definition) is 0. The Bertz CT molecular complexity index is 1240. The van der Waals surface area contributed by atoms with Gasteiger partial charge in [0.1, 0.15) is 17.3 Å². The molecule has 2 aliphatic heterocycles. The smallest absolute Gasteiger partial charge is 0.414 e.